The van der Waals surface area contributed by atoms with Crippen molar-refractivity contribution >= 4 is 32.2 Å². The molecule has 0 amide bonds. The average Bonchev–Trinajstić information content (AvgIpc) is 2.60. The van der Waals surface area contributed by atoms with Gasteiger partial charge in [-0.05, 0) is 55.3 Å². The molecular formula is C19H22N4O3S. The Morgan fingerprint density at radius 1 is 1.30 bits per heavy atom. The summed E-state index contributed by atoms with van der Waals surface area (Å²) in [5.41, 5.74) is 2.95. The van der Waals surface area contributed by atoms with Crippen LogP contribution in [0, 0.1) is 4.78 Å². The zero-order chi connectivity index (χ0) is 19.6. The number of hydrogen-bond acceptors (Lipinski definition) is 6. The first-order valence-corrected chi connectivity index (χ1v) is 9.97. The first-order chi connectivity index (χ1) is 12.8. The Balaban J connectivity index is 2.02. The highest BCUT2D eigenvalue weighted by atomic mass is 32.2. The zero-order valence-corrected chi connectivity index (χ0v) is 15.9. The van der Waals surface area contributed by atoms with Gasteiger partial charge in [0.05, 0.1) is 23.6 Å². The number of aliphatic hydroxyl groups excluding tert-OH is 1. The van der Waals surface area contributed by atoms with Gasteiger partial charge in [-0.2, -0.15) is 0 Å². The number of aliphatic hydroxyl groups is 1. The Hall–Kier alpha value is -2.68. The number of nitrogens with two attached hydrogens (primary N) is 1. The summed E-state index contributed by atoms with van der Waals surface area (Å²) in [6, 6.07) is 12.5. The lowest BCUT2D eigenvalue weighted by Crippen LogP contribution is -2.15. The molecule has 5 N–H and O–H groups in total. The molecule has 1 unspecified atom stereocenters. The van der Waals surface area contributed by atoms with Gasteiger partial charge in [-0.1, -0.05) is 0 Å². The number of methoxy groups -OCH3 is 1. The van der Waals surface area contributed by atoms with Crippen LogP contribution in [0.3, 0.4) is 0 Å². The third kappa shape index (κ3) is 4.36. The van der Waals surface area contributed by atoms with Crippen LogP contribution in [0.5, 0.6) is 5.75 Å². The molecule has 0 saturated heterocycles. The van der Waals surface area contributed by atoms with E-state index in [0.717, 1.165) is 28.0 Å². The highest BCUT2D eigenvalue weighted by Gasteiger charge is 2.14. The minimum absolute atomic E-state index is 0.235. The van der Waals surface area contributed by atoms with Gasteiger partial charge in [-0.25, -0.2) is 14.1 Å². The molecule has 7 nitrogen and oxygen atoms in total. The lowest BCUT2D eigenvalue weighted by molar-refractivity contribution is 0.194. The number of anilines is 2. The fourth-order valence-electron chi connectivity index (χ4n) is 2.95. The summed E-state index contributed by atoms with van der Waals surface area (Å²) < 4.78 is 24.9. The summed E-state index contributed by atoms with van der Waals surface area (Å²) in [6.45, 7) is 1.63. The molecule has 1 aromatic heterocycles. The number of fused-ring (bicyclic) bond motifs is 1. The van der Waals surface area contributed by atoms with Crippen LogP contribution in [-0.2, 0) is 16.3 Å². The first kappa shape index (κ1) is 19.1. The van der Waals surface area contributed by atoms with Crippen molar-refractivity contribution in [3.63, 3.8) is 0 Å². The molecule has 3 rings (SSSR count). The summed E-state index contributed by atoms with van der Waals surface area (Å²) in [5.74, 6) is 0.726. The molecule has 1 heterocycles. The Morgan fingerprint density at radius 3 is 2.74 bits per heavy atom. The number of hydrogen-bond donors (Lipinski definition) is 4. The largest absolute Gasteiger partial charge is 0.497 e. The fourth-order valence-corrected chi connectivity index (χ4v) is 3.75. The maximum Gasteiger partial charge on any atom is 0.132 e. The van der Waals surface area contributed by atoms with Gasteiger partial charge in [0.15, 0.2) is 0 Å². The van der Waals surface area contributed by atoms with Crippen molar-refractivity contribution in [1.29, 1.82) is 4.78 Å². The Labute approximate surface area is 158 Å². The van der Waals surface area contributed by atoms with Crippen LogP contribution in [0.4, 0.5) is 11.4 Å². The van der Waals surface area contributed by atoms with E-state index in [1.54, 1.807) is 38.4 Å². The van der Waals surface area contributed by atoms with Crippen molar-refractivity contribution < 1.29 is 14.1 Å². The Bertz CT molecular complexity index is 1080. The van der Waals surface area contributed by atoms with Crippen LogP contribution in [0.15, 0.2) is 53.6 Å². The first-order valence-electron chi connectivity index (χ1n) is 8.35. The van der Waals surface area contributed by atoms with E-state index in [0.29, 0.717) is 5.56 Å². The second kappa shape index (κ2) is 7.51. The van der Waals surface area contributed by atoms with Gasteiger partial charge >= 0.3 is 0 Å². The molecule has 27 heavy (non-hydrogen) atoms. The van der Waals surface area contributed by atoms with Gasteiger partial charge in [0.2, 0.25) is 0 Å². The number of ether oxygens (including phenoxy) is 1. The predicted octanol–water partition coefficient (Wildman–Crippen LogP) is 3.19. The quantitative estimate of drug-likeness (QED) is 0.518. The van der Waals surface area contributed by atoms with E-state index in [1.165, 1.54) is 0 Å². The predicted molar refractivity (Wildman–Crippen MR) is 107 cm³/mol. The van der Waals surface area contributed by atoms with Gasteiger partial charge < -0.3 is 15.2 Å². The number of aromatic nitrogens is 1. The van der Waals surface area contributed by atoms with Gasteiger partial charge in [0.1, 0.15) is 15.7 Å². The van der Waals surface area contributed by atoms with Crippen molar-refractivity contribution in [3.05, 3.63) is 54.2 Å². The minimum Gasteiger partial charge on any atom is -0.497 e. The number of rotatable bonds is 6. The molecule has 0 saturated carbocycles. The number of pyridine rings is 1. The molecule has 0 spiro atoms. The van der Waals surface area contributed by atoms with E-state index < -0.39 is 16.0 Å². The summed E-state index contributed by atoms with van der Waals surface area (Å²) in [6.07, 6.45) is 1.31. The van der Waals surface area contributed by atoms with Crippen LogP contribution in [-0.4, -0.2) is 27.5 Å². The van der Waals surface area contributed by atoms with Crippen molar-refractivity contribution in [2.45, 2.75) is 24.3 Å². The molecular weight excluding hydrogens is 364 g/mol. The van der Waals surface area contributed by atoms with Crippen molar-refractivity contribution in [2.75, 3.05) is 12.4 Å². The molecule has 142 valence electrons. The molecule has 8 heteroatoms. The average molecular weight is 386 g/mol. The monoisotopic (exact) mass is 386 g/mol. The van der Waals surface area contributed by atoms with Crippen LogP contribution >= 0.6 is 0 Å². The Morgan fingerprint density at radius 2 is 2.07 bits per heavy atom. The lowest BCUT2D eigenvalue weighted by atomic mass is 10.1. The maximum absolute atomic E-state index is 12.0. The highest BCUT2D eigenvalue weighted by Crippen LogP contribution is 2.29. The third-order valence-electron chi connectivity index (χ3n) is 4.13. The van der Waals surface area contributed by atoms with Crippen LogP contribution in [0.1, 0.15) is 12.5 Å². The molecule has 0 aliphatic rings. The van der Waals surface area contributed by atoms with E-state index in [2.05, 4.69) is 10.3 Å². The lowest BCUT2D eigenvalue weighted by Gasteiger charge is -2.15. The minimum atomic E-state index is -3.37. The maximum atomic E-state index is 12.0. The van der Waals surface area contributed by atoms with Gasteiger partial charge in [-0.3, -0.25) is 4.98 Å². The number of nitrogens with one attached hydrogen (secondary N) is 2. The van der Waals surface area contributed by atoms with Crippen LogP contribution in [0.2, 0.25) is 0 Å². The molecule has 0 aliphatic carbocycles. The molecule has 0 fully saturated rings. The second-order valence-corrected chi connectivity index (χ2v) is 7.98. The molecule has 2 aromatic carbocycles. The van der Waals surface area contributed by atoms with E-state index in [-0.39, 0.29) is 11.3 Å². The van der Waals surface area contributed by atoms with Crippen molar-refractivity contribution in [2.24, 2.45) is 5.14 Å². The second-order valence-electron chi connectivity index (χ2n) is 6.34. The highest BCUT2D eigenvalue weighted by molar-refractivity contribution is 7.90. The normalized spacial score (nSPS) is 14.5. The smallest absolute Gasteiger partial charge is 0.132 e. The van der Waals surface area contributed by atoms with E-state index in [1.807, 2.05) is 24.3 Å². The van der Waals surface area contributed by atoms with E-state index >= 15 is 0 Å². The number of nitrogens with zero attached hydrogens (tertiary/aromatic N) is 1. The molecule has 0 radical (unpaired) electrons. The van der Waals surface area contributed by atoms with E-state index in [9.17, 15) is 9.32 Å². The van der Waals surface area contributed by atoms with Crippen LogP contribution in [0.25, 0.3) is 10.9 Å². The Kier molecular flexibility index (Phi) is 5.31. The zero-order valence-electron chi connectivity index (χ0n) is 15.1. The summed E-state index contributed by atoms with van der Waals surface area (Å²) >= 11 is 0. The van der Waals surface area contributed by atoms with E-state index in [4.69, 9.17) is 14.7 Å². The summed E-state index contributed by atoms with van der Waals surface area (Å²) in [7, 11) is -1.77. The standard InChI is InChI=1S/C19H22N4O3S/c1-12(24)9-13-10-14(3-6-19(13)27(20,21)25)23-17-7-8-22-18-11-15(26-2)4-5-16(17)18/h3-8,10-12,24H,9H2,1-2H3,(H,22,23)(H3,20,21,25)/t12-/m1/s1. The molecule has 3 aromatic rings. The third-order valence-corrected chi connectivity index (χ3v) is 5.18. The van der Waals surface area contributed by atoms with Gasteiger partial charge in [0.25, 0.3) is 0 Å². The van der Waals surface area contributed by atoms with Crippen molar-refractivity contribution in [1.82, 2.24) is 4.98 Å². The fraction of sp³-hybridized carbons (Fsp3) is 0.211. The SMILES string of the molecule is COc1ccc2c(Nc3ccc(S(=N)(N)=O)c(C[C@@H](C)O)c3)ccnc2c1. The molecule has 2 atom stereocenters. The van der Waals surface area contributed by atoms with Gasteiger partial charge in [0, 0.05) is 29.0 Å². The van der Waals surface area contributed by atoms with Crippen molar-refractivity contribution in [3.8, 4) is 5.75 Å². The van der Waals surface area contributed by atoms with Gasteiger partial charge in [-0.15, -0.1) is 0 Å². The summed E-state index contributed by atoms with van der Waals surface area (Å²) in [4.78, 5) is 4.60. The van der Waals surface area contributed by atoms with Crippen LogP contribution < -0.4 is 15.2 Å². The molecule has 0 aliphatic heterocycles. The molecule has 0 bridgehead atoms. The topological polar surface area (TPSA) is 121 Å². The number of benzene rings is 2. The summed E-state index contributed by atoms with van der Waals surface area (Å²) in [5, 5.41) is 19.5.